The molecule has 2 aliphatic heterocycles. The van der Waals surface area contributed by atoms with Crippen molar-refractivity contribution in [1.29, 1.82) is 5.26 Å². The molecule has 3 nitrogen and oxygen atoms in total. The fraction of sp³-hybridized carbons (Fsp3) is 0.737. The third-order valence-corrected chi connectivity index (χ3v) is 6.91. The van der Waals surface area contributed by atoms with Crippen LogP contribution >= 0.6 is 11.8 Å². The predicted molar refractivity (Wildman–Crippen MR) is 99.8 cm³/mol. The highest BCUT2D eigenvalue weighted by Gasteiger charge is 2.48. The van der Waals surface area contributed by atoms with Crippen molar-refractivity contribution < 1.29 is 0 Å². The first-order chi connectivity index (χ1) is 11.0. The van der Waals surface area contributed by atoms with Gasteiger partial charge < -0.3 is 10.2 Å². The summed E-state index contributed by atoms with van der Waals surface area (Å²) in [5.41, 5.74) is 3.89. The van der Waals surface area contributed by atoms with E-state index in [1.165, 1.54) is 43.4 Å². The molecule has 1 saturated carbocycles. The van der Waals surface area contributed by atoms with Crippen LogP contribution in [0.3, 0.4) is 0 Å². The zero-order valence-corrected chi connectivity index (χ0v) is 15.9. The smallest absolute Gasteiger partial charge is 0.0891 e. The van der Waals surface area contributed by atoms with Crippen LogP contribution in [0.15, 0.2) is 23.5 Å². The molecule has 0 aromatic heterocycles. The Labute approximate surface area is 146 Å². The molecule has 1 saturated heterocycles. The summed E-state index contributed by atoms with van der Waals surface area (Å²) in [6.07, 6.45) is 7.13. The average molecular weight is 334 g/mol. The van der Waals surface area contributed by atoms with E-state index in [1.54, 1.807) is 0 Å². The quantitative estimate of drug-likeness (QED) is 0.808. The number of allylic oxidation sites excluding steroid dienone is 1. The normalized spacial score (nSPS) is 29.0. The molecular weight excluding hydrogens is 302 g/mol. The molecule has 4 heteroatoms. The number of nitriles is 1. The second-order valence-corrected chi connectivity index (χ2v) is 8.10. The van der Waals surface area contributed by atoms with Gasteiger partial charge >= 0.3 is 0 Å². The monoisotopic (exact) mass is 333 g/mol. The van der Waals surface area contributed by atoms with Gasteiger partial charge in [-0.3, -0.25) is 0 Å². The van der Waals surface area contributed by atoms with Gasteiger partial charge in [-0.15, -0.1) is 11.8 Å². The molecule has 0 amide bonds. The van der Waals surface area contributed by atoms with Crippen LogP contribution in [0.4, 0.5) is 0 Å². The number of rotatable bonds is 2. The third kappa shape index (κ3) is 3.95. The van der Waals surface area contributed by atoms with Crippen molar-refractivity contribution in [2.24, 2.45) is 11.8 Å². The van der Waals surface area contributed by atoms with E-state index >= 15 is 0 Å². The molecular formula is C19H31N3S. The maximum absolute atomic E-state index is 8.97. The summed E-state index contributed by atoms with van der Waals surface area (Å²) < 4.78 is 0. The summed E-state index contributed by atoms with van der Waals surface area (Å²) >= 11 is 1.94. The molecule has 2 heterocycles. The van der Waals surface area contributed by atoms with Crippen LogP contribution in [0.25, 0.3) is 0 Å². The van der Waals surface area contributed by atoms with Crippen molar-refractivity contribution in [3.63, 3.8) is 0 Å². The Kier molecular flexibility index (Phi) is 6.61. The summed E-state index contributed by atoms with van der Waals surface area (Å²) in [5, 5.41) is 12.7. The number of hydrogen-bond acceptors (Lipinski definition) is 4. The van der Waals surface area contributed by atoms with Gasteiger partial charge in [0.05, 0.1) is 17.4 Å². The van der Waals surface area contributed by atoms with E-state index in [2.05, 4.69) is 43.8 Å². The van der Waals surface area contributed by atoms with E-state index in [9.17, 15) is 0 Å². The molecule has 0 radical (unpaired) electrons. The first-order valence-electron chi connectivity index (χ1n) is 8.84. The standard InChI is InChI=1S/C12H16N2S.C7H15N/c1-7(5-13)11-10(4)14-9(3)8(2)6-15-12(11)14;1-8-7-5-3-2-4-6-7/h7,11-12H,4,6H2,1-3H3;7-8H,2-6H2,1H3. The first kappa shape index (κ1) is 18.4. The molecule has 0 aromatic rings. The van der Waals surface area contributed by atoms with Gasteiger partial charge in [0, 0.05) is 29.1 Å². The highest BCUT2D eigenvalue weighted by molar-refractivity contribution is 8.00. The van der Waals surface area contributed by atoms with Gasteiger partial charge in [0.1, 0.15) is 0 Å². The zero-order chi connectivity index (χ0) is 17.0. The van der Waals surface area contributed by atoms with Crippen molar-refractivity contribution >= 4 is 11.8 Å². The van der Waals surface area contributed by atoms with E-state index in [0.717, 1.165) is 17.5 Å². The molecule has 1 aliphatic carbocycles. The van der Waals surface area contributed by atoms with Gasteiger partial charge in [0.25, 0.3) is 0 Å². The Morgan fingerprint density at radius 2 is 1.96 bits per heavy atom. The van der Waals surface area contributed by atoms with Crippen LogP contribution in [0.1, 0.15) is 52.9 Å². The summed E-state index contributed by atoms with van der Waals surface area (Å²) in [7, 11) is 2.07. The van der Waals surface area contributed by atoms with Gasteiger partial charge in [-0.1, -0.05) is 25.8 Å². The third-order valence-electron chi connectivity index (χ3n) is 5.46. The molecule has 1 N–H and O–H groups in total. The van der Waals surface area contributed by atoms with Gasteiger partial charge in [-0.25, -0.2) is 0 Å². The Balaban J connectivity index is 0.000000203. The van der Waals surface area contributed by atoms with Crippen molar-refractivity contribution in [3.05, 3.63) is 23.5 Å². The molecule has 23 heavy (non-hydrogen) atoms. The minimum Gasteiger partial charge on any atom is -0.336 e. The fourth-order valence-electron chi connectivity index (χ4n) is 3.68. The molecule has 0 aromatic carbocycles. The van der Waals surface area contributed by atoms with E-state index in [-0.39, 0.29) is 5.92 Å². The number of nitrogens with zero attached hydrogens (tertiary/aromatic N) is 2. The Morgan fingerprint density at radius 3 is 2.48 bits per heavy atom. The lowest BCUT2D eigenvalue weighted by Gasteiger charge is -2.55. The zero-order valence-electron chi connectivity index (χ0n) is 15.1. The van der Waals surface area contributed by atoms with Crippen molar-refractivity contribution in [2.75, 3.05) is 12.8 Å². The Bertz CT molecular complexity index is 499. The minimum absolute atomic E-state index is 0.0810. The second-order valence-electron chi connectivity index (χ2n) is 7.00. The molecule has 128 valence electrons. The maximum atomic E-state index is 8.97. The second kappa shape index (κ2) is 8.26. The molecule has 3 aliphatic rings. The fourth-order valence-corrected chi connectivity index (χ4v) is 5.35. The van der Waals surface area contributed by atoms with Crippen LogP contribution < -0.4 is 5.32 Å². The van der Waals surface area contributed by atoms with Crippen molar-refractivity contribution in [2.45, 2.75) is 64.3 Å². The largest absolute Gasteiger partial charge is 0.336 e. The molecule has 0 spiro atoms. The molecule has 3 atom stereocenters. The van der Waals surface area contributed by atoms with Crippen LogP contribution in [-0.2, 0) is 0 Å². The summed E-state index contributed by atoms with van der Waals surface area (Å²) in [5.74, 6) is 1.52. The Hall–Kier alpha value is -0.920. The van der Waals surface area contributed by atoms with E-state index < -0.39 is 0 Å². The molecule has 3 rings (SSSR count). The topological polar surface area (TPSA) is 39.1 Å². The number of hydrogen-bond donors (Lipinski definition) is 1. The predicted octanol–water partition coefficient (Wildman–Crippen LogP) is 4.50. The van der Waals surface area contributed by atoms with Crippen LogP contribution in [0, 0.1) is 23.2 Å². The lowest BCUT2D eigenvalue weighted by Crippen LogP contribution is -2.54. The average Bonchev–Trinajstić information content (AvgIpc) is 2.58. The molecule has 0 bridgehead atoms. The van der Waals surface area contributed by atoms with Gasteiger partial charge in [-0.05, 0) is 46.2 Å². The van der Waals surface area contributed by atoms with E-state index in [1.807, 2.05) is 18.7 Å². The molecule has 3 unspecified atom stereocenters. The van der Waals surface area contributed by atoms with Gasteiger partial charge in [-0.2, -0.15) is 5.26 Å². The van der Waals surface area contributed by atoms with Gasteiger partial charge in [0.2, 0.25) is 0 Å². The highest BCUT2D eigenvalue weighted by atomic mass is 32.2. The maximum Gasteiger partial charge on any atom is 0.0891 e. The number of fused-ring (bicyclic) bond motifs is 1. The van der Waals surface area contributed by atoms with Crippen LogP contribution in [0.5, 0.6) is 0 Å². The van der Waals surface area contributed by atoms with E-state index in [0.29, 0.717) is 11.3 Å². The van der Waals surface area contributed by atoms with Crippen LogP contribution in [0.2, 0.25) is 0 Å². The van der Waals surface area contributed by atoms with Gasteiger partial charge in [0.15, 0.2) is 0 Å². The summed E-state index contributed by atoms with van der Waals surface area (Å²) in [6, 6.07) is 3.18. The van der Waals surface area contributed by atoms with Crippen LogP contribution in [-0.4, -0.2) is 29.1 Å². The Morgan fingerprint density at radius 1 is 1.30 bits per heavy atom. The lowest BCUT2D eigenvalue weighted by atomic mass is 9.83. The highest BCUT2D eigenvalue weighted by Crippen LogP contribution is 2.51. The lowest BCUT2D eigenvalue weighted by molar-refractivity contribution is 0.162. The minimum atomic E-state index is 0.0810. The summed E-state index contributed by atoms with van der Waals surface area (Å²) in [4.78, 5) is 2.29. The first-order valence-corrected chi connectivity index (χ1v) is 9.89. The van der Waals surface area contributed by atoms with Crippen molar-refractivity contribution in [3.8, 4) is 6.07 Å². The SMILES string of the molecule is C=C1C(C(C)C#N)C2SCC(C)=C(C)N12.CNC1CCCCC1. The van der Waals surface area contributed by atoms with Crippen molar-refractivity contribution in [1.82, 2.24) is 10.2 Å². The number of thioether (sulfide) groups is 1. The number of nitrogens with one attached hydrogen (secondary N) is 1. The van der Waals surface area contributed by atoms with E-state index in [4.69, 9.17) is 5.26 Å². The summed E-state index contributed by atoms with van der Waals surface area (Å²) in [6.45, 7) is 10.4. The molecule has 2 fully saturated rings.